The quantitative estimate of drug-likeness (QED) is 0.0935. The normalized spacial score (nSPS) is 11.6. The Bertz CT molecular complexity index is 9920. The van der Waals surface area contributed by atoms with Crippen molar-refractivity contribution >= 4 is 131 Å². The van der Waals surface area contributed by atoms with Crippen molar-refractivity contribution in [2.75, 3.05) is 0 Å². The molecule has 30 aromatic rings. The zero-order valence-electron chi connectivity index (χ0n) is 80.2. The molecule has 702 valence electrons. The van der Waals surface area contributed by atoms with Gasteiger partial charge < -0.3 is 13.3 Å². The summed E-state index contributed by atoms with van der Waals surface area (Å²) in [7, 11) is 0. The Kier molecular flexibility index (Phi) is 21.4. The van der Waals surface area contributed by atoms with Gasteiger partial charge in [-0.25, -0.2) is 59.8 Å². The standard InChI is InChI=1S/3C44H27N5O/c1-3-13-28(14-4-1)42-46-43(29-15-5-2-6-16-29)48-44(47-42)35-20-12-24-40(45-35)49-36-21-9-7-17-32(36)33-26-25-30(27-37(33)49)31-19-11-23-39-41(31)34-18-8-10-22-38(34)50-39;1-3-12-28(13-4-1)42-46-43(29-14-5-2-6-15-29)48-44(47-42)31-23-25-40(45-27-31)49-36-19-9-7-16-33(36)34-24-22-30(26-37(34)49)32-18-11-21-39-41(32)35-17-8-10-20-38(35)50-39;1-3-12-28(13-4-1)42-46-43(29-14-5-2-6-15-29)48-44(47-42)31-24-25-45-40(27-31)49-36-19-9-7-16-33(36)34-23-22-30(26-37(34)49)32-18-11-21-39-41(32)35-17-8-10-20-38(35)50-39/h3*1-27H. The van der Waals surface area contributed by atoms with E-state index in [0.29, 0.717) is 58.1 Å². The van der Waals surface area contributed by atoms with E-state index in [0.717, 1.165) is 221 Å². The molecule has 12 aromatic heterocycles. The van der Waals surface area contributed by atoms with Gasteiger partial charge in [0.2, 0.25) is 0 Å². The van der Waals surface area contributed by atoms with Crippen LogP contribution in [-0.2, 0) is 0 Å². The van der Waals surface area contributed by atoms with Crippen LogP contribution in [0.4, 0.5) is 0 Å². The molecule has 0 N–H and O–H groups in total. The first-order chi connectivity index (χ1) is 74.3. The zero-order chi connectivity index (χ0) is 99.1. The number of furan rings is 3. The van der Waals surface area contributed by atoms with E-state index < -0.39 is 0 Å². The van der Waals surface area contributed by atoms with Crippen LogP contribution >= 0.6 is 0 Å². The first-order valence-corrected chi connectivity index (χ1v) is 49.7. The summed E-state index contributed by atoms with van der Waals surface area (Å²) in [6, 6.07) is 163. The summed E-state index contributed by atoms with van der Waals surface area (Å²) >= 11 is 0. The van der Waals surface area contributed by atoms with Crippen LogP contribution in [0.1, 0.15) is 0 Å². The predicted octanol–water partition coefficient (Wildman–Crippen LogP) is 32.8. The van der Waals surface area contributed by atoms with Crippen LogP contribution in [0.15, 0.2) is 505 Å². The van der Waals surface area contributed by atoms with Gasteiger partial charge in [0.25, 0.3) is 0 Å². The Morgan fingerprint density at radius 1 is 0.153 bits per heavy atom. The second-order valence-corrected chi connectivity index (χ2v) is 36.9. The number of aromatic nitrogens is 15. The van der Waals surface area contributed by atoms with Crippen LogP contribution in [0.25, 0.3) is 285 Å². The highest BCUT2D eigenvalue weighted by Crippen LogP contribution is 2.46. The minimum absolute atomic E-state index is 0.513. The fourth-order valence-electron chi connectivity index (χ4n) is 21.0. The van der Waals surface area contributed by atoms with E-state index in [9.17, 15) is 0 Å². The molecule has 0 fully saturated rings. The molecule has 0 amide bonds. The summed E-state index contributed by atoms with van der Waals surface area (Å²) in [5, 5.41) is 13.6. The van der Waals surface area contributed by atoms with Gasteiger partial charge in [-0.05, 0) is 143 Å². The van der Waals surface area contributed by atoms with E-state index in [1.54, 1.807) is 0 Å². The van der Waals surface area contributed by atoms with E-state index in [4.69, 9.17) is 73.1 Å². The van der Waals surface area contributed by atoms with E-state index in [1.807, 2.05) is 285 Å². The number of fused-ring (bicyclic) bond motifs is 18. The molecular weight excluding hydrogens is 1840 g/mol. The first-order valence-electron chi connectivity index (χ1n) is 49.7. The van der Waals surface area contributed by atoms with Crippen molar-refractivity contribution in [2.45, 2.75) is 0 Å². The molecule has 0 aliphatic heterocycles. The van der Waals surface area contributed by atoms with E-state index in [1.165, 1.54) is 5.39 Å². The second-order valence-electron chi connectivity index (χ2n) is 36.9. The lowest BCUT2D eigenvalue weighted by molar-refractivity contribution is 0.668. The van der Waals surface area contributed by atoms with Crippen molar-refractivity contribution in [1.29, 1.82) is 0 Å². The van der Waals surface area contributed by atoms with Gasteiger partial charge in [-0.3, -0.25) is 13.7 Å². The van der Waals surface area contributed by atoms with E-state index in [-0.39, 0.29) is 0 Å². The van der Waals surface area contributed by atoms with Crippen LogP contribution in [0.2, 0.25) is 0 Å². The highest BCUT2D eigenvalue weighted by atomic mass is 16.3. The van der Waals surface area contributed by atoms with Crippen LogP contribution in [0.5, 0.6) is 0 Å². The highest BCUT2D eigenvalue weighted by Gasteiger charge is 2.26. The Morgan fingerprint density at radius 3 is 0.787 bits per heavy atom. The molecule has 18 nitrogen and oxygen atoms in total. The van der Waals surface area contributed by atoms with Crippen LogP contribution < -0.4 is 0 Å². The van der Waals surface area contributed by atoms with Crippen molar-refractivity contribution in [3.05, 3.63) is 492 Å². The van der Waals surface area contributed by atoms with Crippen molar-refractivity contribution in [3.63, 3.8) is 0 Å². The molecule has 150 heavy (non-hydrogen) atoms. The minimum atomic E-state index is 0.513. The minimum Gasteiger partial charge on any atom is -0.456 e. The molecule has 0 spiro atoms. The third-order valence-corrected chi connectivity index (χ3v) is 27.9. The van der Waals surface area contributed by atoms with Crippen LogP contribution in [0, 0.1) is 0 Å². The molecular formula is C132H81N15O3. The summed E-state index contributed by atoms with van der Waals surface area (Å²) < 4.78 is 25.4. The molecule has 30 rings (SSSR count). The summed E-state index contributed by atoms with van der Waals surface area (Å²) in [4.78, 5) is 59.4. The van der Waals surface area contributed by atoms with Gasteiger partial charge in [-0.2, -0.15) is 0 Å². The number of pyridine rings is 3. The Labute approximate surface area is 857 Å². The Morgan fingerprint density at radius 2 is 0.433 bits per heavy atom. The fourth-order valence-corrected chi connectivity index (χ4v) is 21.0. The van der Waals surface area contributed by atoms with Crippen molar-refractivity contribution < 1.29 is 13.3 Å². The highest BCUT2D eigenvalue weighted by molar-refractivity contribution is 6.19. The lowest BCUT2D eigenvalue weighted by Gasteiger charge is -2.11. The molecule has 12 heterocycles. The number of hydrogen-bond acceptors (Lipinski definition) is 15. The van der Waals surface area contributed by atoms with Crippen molar-refractivity contribution in [1.82, 2.24) is 73.5 Å². The molecule has 0 aliphatic rings. The van der Waals surface area contributed by atoms with Gasteiger partial charge in [-0.15, -0.1) is 0 Å². The SMILES string of the molecule is c1ccc(-c2nc(-c3ccccc3)nc(-c3ccc(-n4c5ccccc5c5ccc(-c6cccc7oc8ccccc8c67)cc54)nc3)n2)cc1.c1ccc(-c2nc(-c3ccccc3)nc(-c3cccc(-n4c5ccccc5c5ccc(-c6cccc7oc8ccccc8c67)cc54)n3)n2)cc1.c1ccc(-c2nc(-c3ccccc3)nc(-c3ccnc(-n4c5ccccc5c5ccc(-c6cccc7oc8ccccc8c67)cc54)c3)n2)cc1. The zero-order valence-corrected chi connectivity index (χ0v) is 80.2. The van der Waals surface area contributed by atoms with Gasteiger partial charge in [0.05, 0.1) is 33.1 Å². The van der Waals surface area contributed by atoms with Gasteiger partial charge in [-0.1, -0.05) is 370 Å². The molecule has 0 unspecified atom stereocenters. The molecule has 0 saturated carbocycles. The van der Waals surface area contributed by atoms with Gasteiger partial charge in [0.15, 0.2) is 52.4 Å². The third-order valence-electron chi connectivity index (χ3n) is 27.9. The molecule has 18 aromatic carbocycles. The summed E-state index contributed by atoms with van der Waals surface area (Å²) in [5.74, 6) is 7.72. The summed E-state index contributed by atoms with van der Waals surface area (Å²) in [6.07, 6.45) is 3.69. The Hall–Kier alpha value is -20.8. The Balaban J connectivity index is 0.000000108. The monoisotopic (exact) mass is 1920 g/mol. The van der Waals surface area contributed by atoms with Gasteiger partial charge in [0, 0.05) is 122 Å². The number of benzene rings is 18. The maximum Gasteiger partial charge on any atom is 0.182 e. The van der Waals surface area contributed by atoms with E-state index in [2.05, 4.69) is 220 Å². The lowest BCUT2D eigenvalue weighted by Crippen LogP contribution is -2.03. The van der Waals surface area contributed by atoms with Crippen LogP contribution in [0.3, 0.4) is 0 Å². The summed E-state index contributed by atoms with van der Waals surface area (Å²) in [6.45, 7) is 0. The molecule has 18 heteroatoms. The molecule has 0 atom stereocenters. The fraction of sp³-hybridized carbons (Fsp3) is 0. The third kappa shape index (κ3) is 15.6. The lowest BCUT2D eigenvalue weighted by atomic mass is 9.98. The number of hydrogen-bond donors (Lipinski definition) is 0. The molecule has 0 radical (unpaired) electrons. The average molecular weight is 1930 g/mol. The number of para-hydroxylation sites is 6. The number of nitrogens with zero attached hydrogens (tertiary/aromatic N) is 15. The maximum absolute atomic E-state index is 6.24. The predicted molar refractivity (Wildman–Crippen MR) is 603 cm³/mol. The van der Waals surface area contributed by atoms with Gasteiger partial charge in [0.1, 0.15) is 56.6 Å². The summed E-state index contributed by atoms with van der Waals surface area (Å²) in [5.41, 5.74) is 26.3. The molecule has 0 aliphatic carbocycles. The topological polar surface area (TPSA) is 209 Å². The largest absolute Gasteiger partial charge is 0.456 e. The molecule has 0 bridgehead atoms. The van der Waals surface area contributed by atoms with Gasteiger partial charge >= 0.3 is 0 Å². The first kappa shape index (κ1) is 87.1. The van der Waals surface area contributed by atoms with Crippen molar-refractivity contribution in [3.8, 4) is 153 Å². The van der Waals surface area contributed by atoms with Crippen molar-refractivity contribution in [2.24, 2.45) is 0 Å². The number of rotatable bonds is 15. The smallest absolute Gasteiger partial charge is 0.182 e. The van der Waals surface area contributed by atoms with Crippen LogP contribution in [-0.4, -0.2) is 73.5 Å². The maximum atomic E-state index is 6.24. The average Bonchev–Trinajstić information content (AvgIpc) is 1.58. The molecule has 0 saturated heterocycles. The van der Waals surface area contributed by atoms with E-state index >= 15 is 0 Å². The second kappa shape index (κ2) is 36.9.